The summed E-state index contributed by atoms with van der Waals surface area (Å²) in [5.74, 6) is 2.29. The molecule has 0 saturated carbocycles. The number of benzene rings is 1. The summed E-state index contributed by atoms with van der Waals surface area (Å²) in [5, 5.41) is 0.575. The highest BCUT2D eigenvalue weighted by Crippen LogP contribution is 2.44. The van der Waals surface area contributed by atoms with Crippen molar-refractivity contribution in [3.8, 4) is 11.5 Å². The molecule has 16 heavy (non-hydrogen) atoms. The average molecular weight is 233 g/mol. The zero-order chi connectivity index (χ0) is 11.1. The fourth-order valence-corrected chi connectivity index (χ4v) is 1.94. The van der Waals surface area contributed by atoms with Crippen LogP contribution in [0.1, 0.15) is 0 Å². The van der Waals surface area contributed by atoms with Crippen molar-refractivity contribution < 1.29 is 4.74 Å². The van der Waals surface area contributed by atoms with Gasteiger partial charge in [0.25, 0.3) is 0 Å². The number of halogens is 1. The van der Waals surface area contributed by atoms with E-state index >= 15 is 0 Å². The summed E-state index contributed by atoms with van der Waals surface area (Å²) in [6, 6.07) is 9.61. The monoisotopic (exact) mass is 232 g/mol. The minimum absolute atomic E-state index is 0.575. The van der Waals surface area contributed by atoms with Gasteiger partial charge in [-0.2, -0.15) is 0 Å². The number of aromatic nitrogens is 1. The van der Waals surface area contributed by atoms with Crippen molar-refractivity contribution in [2.75, 3.05) is 11.9 Å². The minimum atomic E-state index is 0.575. The van der Waals surface area contributed by atoms with E-state index in [0.717, 1.165) is 17.3 Å². The molecule has 1 aliphatic heterocycles. The molecule has 2 aromatic rings. The summed E-state index contributed by atoms with van der Waals surface area (Å²) in [6.07, 6.45) is 1.62. The molecule has 0 atom stereocenters. The van der Waals surface area contributed by atoms with Crippen molar-refractivity contribution in [2.24, 2.45) is 0 Å². The van der Waals surface area contributed by atoms with Gasteiger partial charge in [-0.3, -0.25) is 0 Å². The van der Waals surface area contributed by atoms with E-state index in [4.69, 9.17) is 16.3 Å². The number of hydrogen-bond donors (Lipinski definition) is 0. The van der Waals surface area contributed by atoms with E-state index in [1.165, 1.54) is 0 Å². The van der Waals surface area contributed by atoms with Gasteiger partial charge in [-0.25, -0.2) is 4.98 Å². The van der Waals surface area contributed by atoms with Crippen LogP contribution in [0.3, 0.4) is 0 Å². The molecule has 0 saturated heterocycles. The lowest BCUT2D eigenvalue weighted by Crippen LogP contribution is -2.16. The molecule has 1 aromatic carbocycles. The Morgan fingerprint density at radius 2 is 2.06 bits per heavy atom. The maximum atomic E-state index is 5.89. The van der Waals surface area contributed by atoms with Crippen LogP contribution in [0.4, 0.5) is 11.5 Å². The smallest absolute Gasteiger partial charge is 0.176 e. The number of rotatable bonds is 0. The summed E-state index contributed by atoms with van der Waals surface area (Å²) < 4.78 is 5.74. The first-order chi connectivity index (χ1) is 7.75. The van der Waals surface area contributed by atoms with Gasteiger partial charge in [-0.05, 0) is 12.1 Å². The highest BCUT2D eigenvalue weighted by molar-refractivity contribution is 6.30. The molecular weight excluding hydrogens is 224 g/mol. The Balaban J connectivity index is 2.18. The molecule has 0 unspecified atom stereocenters. The molecule has 3 nitrogen and oxygen atoms in total. The fourth-order valence-electron chi connectivity index (χ4n) is 1.79. The van der Waals surface area contributed by atoms with Crippen LogP contribution in [0, 0.1) is 0 Å². The van der Waals surface area contributed by atoms with Gasteiger partial charge in [0, 0.05) is 19.3 Å². The van der Waals surface area contributed by atoms with Crippen LogP contribution in [-0.2, 0) is 0 Å². The normalized spacial score (nSPS) is 12.8. The average Bonchev–Trinajstić information content (AvgIpc) is 2.29. The van der Waals surface area contributed by atoms with Gasteiger partial charge < -0.3 is 9.64 Å². The van der Waals surface area contributed by atoms with E-state index < -0.39 is 0 Å². The number of anilines is 2. The molecule has 80 valence electrons. The van der Waals surface area contributed by atoms with E-state index in [1.54, 1.807) is 12.3 Å². The number of fused-ring (bicyclic) bond motifs is 2. The summed E-state index contributed by atoms with van der Waals surface area (Å²) in [5.41, 5.74) is 1.00. The van der Waals surface area contributed by atoms with E-state index in [1.807, 2.05) is 36.2 Å². The van der Waals surface area contributed by atoms with Crippen LogP contribution >= 0.6 is 11.6 Å². The molecule has 2 heterocycles. The Labute approximate surface area is 98.2 Å². The standard InChI is InChI=1S/C12H9ClN2O/c1-15-9-4-2-3-5-10(9)16-11-6-8(13)7-14-12(11)15/h2-7H,1H3. The Kier molecular flexibility index (Phi) is 2.01. The first kappa shape index (κ1) is 9.48. The number of pyridine rings is 1. The van der Waals surface area contributed by atoms with Crippen molar-refractivity contribution in [3.05, 3.63) is 41.6 Å². The minimum Gasteiger partial charge on any atom is -0.451 e. The quantitative estimate of drug-likeness (QED) is 0.694. The van der Waals surface area contributed by atoms with Gasteiger partial charge in [0.05, 0.1) is 10.7 Å². The van der Waals surface area contributed by atoms with Crippen molar-refractivity contribution in [2.45, 2.75) is 0 Å². The molecule has 0 amide bonds. The summed E-state index contributed by atoms with van der Waals surface area (Å²) in [7, 11) is 1.96. The number of hydrogen-bond acceptors (Lipinski definition) is 3. The lowest BCUT2D eigenvalue weighted by atomic mass is 10.2. The molecule has 0 aliphatic carbocycles. The first-order valence-corrected chi connectivity index (χ1v) is 5.29. The van der Waals surface area contributed by atoms with Crippen molar-refractivity contribution in [3.63, 3.8) is 0 Å². The lowest BCUT2D eigenvalue weighted by molar-refractivity contribution is 0.472. The van der Waals surface area contributed by atoms with Crippen LogP contribution in [0.15, 0.2) is 36.5 Å². The third-order valence-corrected chi connectivity index (χ3v) is 2.77. The van der Waals surface area contributed by atoms with E-state index in [9.17, 15) is 0 Å². The van der Waals surface area contributed by atoms with Crippen LogP contribution < -0.4 is 9.64 Å². The fraction of sp³-hybridized carbons (Fsp3) is 0.0833. The van der Waals surface area contributed by atoms with Gasteiger partial charge in [-0.15, -0.1) is 0 Å². The molecule has 1 aliphatic rings. The molecule has 0 bridgehead atoms. The lowest BCUT2D eigenvalue weighted by Gasteiger charge is -2.28. The summed E-state index contributed by atoms with van der Waals surface area (Å²) in [6.45, 7) is 0. The molecule has 0 radical (unpaired) electrons. The van der Waals surface area contributed by atoms with Crippen LogP contribution in [-0.4, -0.2) is 12.0 Å². The topological polar surface area (TPSA) is 25.4 Å². The highest BCUT2D eigenvalue weighted by Gasteiger charge is 2.22. The maximum absolute atomic E-state index is 5.89. The Hall–Kier alpha value is -1.74. The predicted molar refractivity (Wildman–Crippen MR) is 63.8 cm³/mol. The predicted octanol–water partition coefficient (Wildman–Crippen LogP) is 3.61. The highest BCUT2D eigenvalue weighted by atomic mass is 35.5. The van der Waals surface area contributed by atoms with Gasteiger partial charge in [0.1, 0.15) is 0 Å². The second-order valence-corrected chi connectivity index (χ2v) is 4.04. The Morgan fingerprint density at radius 1 is 1.25 bits per heavy atom. The van der Waals surface area contributed by atoms with Crippen LogP contribution in [0.2, 0.25) is 5.02 Å². The molecule has 1 aromatic heterocycles. The molecular formula is C12H9ClN2O. The third kappa shape index (κ3) is 1.32. The Bertz CT molecular complexity index is 556. The number of para-hydroxylation sites is 2. The number of nitrogens with zero attached hydrogens (tertiary/aromatic N) is 2. The molecule has 3 rings (SSSR count). The van der Waals surface area contributed by atoms with Gasteiger partial charge in [0.15, 0.2) is 17.3 Å². The van der Waals surface area contributed by atoms with E-state index in [-0.39, 0.29) is 0 Å². The second-order valence-electron chi connectivity index (χ2n) is 3.60. The zero-order valence-electron chi connectivity index (χ0n) is 8.64. The molecule has 4 heteroatoms. The van der Waals surface area contributed by atoms with Crippen molar-refractivity contribution in [1.29, 1.82) is 0 Å². The number of ether oxygens (including phenoxy) is 1. The molecule has 0 spiro atoms. The first-order valence-electron chi connectivity index (χ1n) is 4.92. The third-order valence-electron chi connectivity index (χ3n) is 2.56. The SMILES string of the molecule is CN1c2ccccc2Oc2cc(Cl)cnc21. The van der Waals surface area contributed by atoms with Crippen LogP contribution in [0.5, 0.6) is 11.5 Å². The second kappa shape index (κ2) is 3.39. The largest absolute Gasteiger partial charge is 0.451 e. The molecule has 0 fully saturated rings. The van der Waals surface area contributed by atoms with E-state index in [0.29, 0.717) is 10.8 Å². The van der Waals surface area contributed by atoms with Gasteiger partial charge >= 0.3 is 0 Å². The van der Waals surface area contributed by atoms with Crippen molar-refractivity contribution >= 4 is 23.1 Å². The van der Waals surface area contributed by atoms with Crippen LogP contribution in [0.25, 0.3) is 0 Å². The van der Waals surface area contributed by atoms with Crippen molar-refractivity contribution in [1.82, 2.24) is 4.98 Å². The van der Waals surface area contributed by atoms with E-state index in [2.05, 4.69) is 4.98 Å². The van der Waals surface area contributed by atoms with Gasteiger partial charge in [-0.1, -0.05) is 23.7 Å². The summed E-state index contributed by atoms with van der Waals surface area (Å²) >= 11 is 5.89. The Morgan fingerprint density at radius 3 is 2.94 bits per heavy atom. The van der Waals surface area contributed by atoms with Gasteiger partial charge in [0.2, 0.25) is 0 Å². The summed E-state index contributed by atoms with van der Waals surface area (Å²) in [4.78, 5) is 6.26. The zero-order valence-corrected chi connectivity index (χ0v) is 9.40. The maximum Gasteiger partial charge on any atom is 0.176 e. The molecule has 0 N–H and O–H groups in total.